The maximum atomic E-state index is 12.0. The highest BCUT2D eigenvalue weighted by molar-refractivity contribution is 6.35. The van der Waals surface area contributed by atoms with Gasteiger partial charge in [0.05, 0.1) is 0 Å². The first-order valence-corrected chi connectivity index (χ1v) is 6.62. The van der Waals surface area contributed by atoms with E-state index >= 15 is 0 Å². The van der Waals surface area contributed by atoms with Gasteiger partial charge in [0.2, 0.25) is 0 Å². The Balaban J connectivity index is 2.09. The fourth-order valence-electron chi connectivity index (χ4n) is 1.64. The van der Waals surface area contributed by atoms with E-state index in [1.807, 2.05) is 0 Å². The summed E-state index contributed by atoms with van der Waals surface area (Å²) in [7, 11) is 0. The fourth-order valence-corrected chi connectivity index (χ4v) is 2.16. The normalized spacial score (nSPS) is 11.1. The summed E-state index contributed by atoms with van der Waals surface area (Å²) in [4.78, 5) is 12.0. The summed E-state index contributed by atoms with van der Waals surface area (Å²) in [5, 5.41) is 3.23. The summed E-state index contributed by atoms with van der Waals surface area (Å²) in [6.45, 7) is 0. The zero-order valence-corrected chi connectivity index (χ0v) is 12.3. The Kier molecular flexibility index (Phi) is 4.83. The number of carbonyl (C=O) groups excluding carboxylic acids is 1. The van der Waals surface area contributed by atoms with E-state index in [0.717, 1.165) is 12.1 Å². The molecule has 0 atom stereocenters. The van der Waals surface area contributed by atoms with E-state index in [1.165, 1.54) is 30.3 Å². The molecule has 0 aliphatic rings. The number of halogens is 5. The second-order valence-corrected chi connectivity index (χ2v) is 5.06. The quantitative estimate of drug-likeness (QED) is 0.832. The van der Waals surface area contributed by atoms with Crippen LogP contribution in [0.2, 0.25) is 10.0 Å². The van der Waals surface area contributed by atoms with Gasteiger partial charge >= 0.3 is 6.36 Å². The van der Waals surface area contributed by atoms with E-state index in [1.54, 1.807) is 0 Å². The van der Waals surface area contributed by atoms with Crippen LogP contribution in [0.4, 0.5) is 18.9 Å². The van der Waals surface area contributed by atoms with Gasteiger partial charge in [-0.2, -0.15) is 0 Å². The maximum Gasteiger partial charge on any atom is 0.573 e. The topological polar surface area (TPSA) is 38.3 Å². The van der Waals surface area contributed by atoms with Crippen LogP contribution in [0.15, 0.2) is 42.5 Å². The first-order chi connectivity index (χ1) is 10.2. The van der Waals surface area contributed by atoms with Gasteiger partial charge in [0.25, 0.3) is 5.91 Å². The molecule has 3 nitrogen and oxygen atoms in total. The van der Waals surface area contributed by atoms with Crippen molar-refractivity contribution in [3.05, 3.63) is 58.1 Å². The number of alkyl halides is 3. The van der Waals surface area contributed by atoms with Crippen LogP contribution in [0, 0.1) is 0 Å². The highest BCUT2D eigenvalue weighted by Crippen LogP contribution is 2.24. The molecule has 2 aromatic carbocycles. The molecule has 1 amide bonds. The average Bonchev–Trinajstić information content (AvgIpc) is 2.36. The standard InChI is InChI=1S/C14H8Cl2F3NO2/c15-9-5-10(16)7-11(6-9)20-13(21)8-1-3-12(4-2-8)22-14(17,18)19/h1-7H,(H,20,21). The summed E-state index contributed by atoms with van der Waals surface area (Å²) >= 11 is 11.6. The third kappa shape index (κ3) is 4.82. The van der Waals surface area contributed by atoms with E-state index in [-0.39, 0.29) is 5.56 Å². The van der Waals surface area contributed by atoms with Crippen molar-refractivity contribution in [2.75, 3.05) is 5.32 Å². The van der Waals surface area contributed by atoms with E-state index in [0.29, 0.717) is 15.7 Å². The van der Waals surface area contributed by atoms with Crippen LogP contribution in [0.5, 0.6) is 5.75 Å². The van der Waals surface area contributed by atoms with Crippen molar-refractivity contribution in [1.29, 1.82) is 0 Å². The largest absolute Gasteiger partial charge is 0.573 e. The Morgan fingerprint density at radius 3 is 2.05 bits per heavy atom. The van der Waals surface area contributed by atoms with Crippen LogP contribution < -0.4 is 10.1 Å². The Hall–Kier alpha value is -1.92. The minimum Gasteiger partial charge on any atom is -0.406 e. The molecule has 0 unspecified atom stereocenters. The first-order valence-electron chi connectivity index (χ1n) is 5.86. The molecule has 116 valence electrons. The van der Waals surface area contributed by atoms with Crippen molar-refractivity contribution >= 4 is 34.8 Å². The van der Waals surface area contributed by atoms with Crippen molar-refractivity contribution in [3.8, 4) is 5.75 Å². The second-order valence-electron chi connectivity index (χ2n) is 4.18. The molecule has 0 aromatic heterocycles. The SMILES string of the molecule is O=C(Nc1cc(Cl)cc(Cl)c1)c1ccc(OC(F)(F)F)cc1. The molecule has 2 rings (SSSR count). The van der Waals surface area contributed by atoms with Crippen molar-refractivity contribution in [3.63, 3.8) is 0 Å². The minimum atomic E-state index is -4.78. The van der Waals surface area contributed by atoms with Crippen LogP contribution in [-0.4, -0.2) is 12.3 Å². The van der Waals surface area contributed by atoms with Gasteiger partial charge in [0, 0.05) is 21.3 Å². The van der Waals surface area contributed by atoms with Gasteiger partial charge in [-0.25, -0.2) is 0 Å². The van der Waals surface area contributed by atoms with E-state index < -0.39 is 18.0 Å². The first kappa shape index (κ1) is 16.5. The molecular weight excluding hydrogens is 342 g/mol. The lowest BCUT2D eigenvalue weighted by atomic mass is 10.2. The minimum absolute atomic E-state index is 0.158. The molecule has 0 aliphatic heterocycles. The molecule has 2 aromatic rings. The number of anilines is 1. The van der Waals surface area contributed by atoms with Crippen molar-refractivity contribution in [2.45, 2.75) is 6.36 Å². The van der Waals surface area contributed by atoms with Gasteiger partial charge in [-0.05, 0) is 42.5 Å². The van der Waals surface area contributed by atoms with E-state index in [4.69, 9.17) is 23.2 Å². The highest BCUT2D eigenvalue weighted by atomic mass is 35.5. The lowest BCUT2D eigenvalue weighted by Crippen LogP contribution is -2.17. The predicted molar refractivity (Wildman–Crippen MR) is 77.5 cm³/mol. The van der Waals surface area contributed by atoms with Crippen molar-refractivity contribution in [2.24, 2.45) is 0 Å². The molecule has 0 saturated heterocycles. The maximum absolute atomic E-state index is 12.0. The highest BCUT2D eigenvalue weighted by Gasteiger charge is 2.31. The summed E-state index contributed by atoms with van der Waals surface area (Å²) < 4.78 is 39.8. The summed E-state index contributed by atoms with van der Waals surface area (Å²) in [6.07, 6.45) is -4.78. The molecule has 0 spiro atoms. The number of benzene rings is 2. The lowest BCUT2D eigenvalue weighted by molar-refractivity contribution is -0.274. The number of hydrogen-bond donors (Lipinski definition) is 1. The third-order valence-electron chi connectivity index (χ3n) is 2.47. The van der Waals surface area contributed by atoms with Gasteiger partial charge in [0.1, 0.15) is 5.75 Å². The fraction of sp³-hybridized carbons (Fsp3) is 0.0714. The Bertz CT molecular complexity index is 667. The zero-order valence-electron chi connectivity index (χ0n) is 10.7. The number of rotatable bonds is 3. The molecule has 0 saturated carbocycles. The van der Waals surface area contributed by atoms with Gasteiger partial charge in [-0.3, -0.25) is 4.79 Å². The molecule has 1 N–H and O–H groups in total. The number of nitrogens with one attached hydrogen (secondary N) is 1. The van der Waals surface area contributed by atoms with Gasteiger partial charge < -0.3 is 10.1 Å². The lowest BCUT2D eigenvalue weighted by Gasteiger charge is -2.10. The zero-order chi connectivity index (χ0) is 16.3. The smallest absolute Gasteiger partial charge is 0.406 e. The van der Waals surface area contributed by atoms with Crippen LogP contribution >= 0.6 is 23.2 Å². The number of ether oxygens (including phenoxy) is 1. The predicted octanol–water partition coefficient (Wildman–Crippen LogP) is 5.14. The molecule has 0 heterocycles. The summed E-state index contributed by atoms with van der Waals surface area (Å²) in [6, 6.07) is 9.01. The number of carbonyl (C=O) groups is 1. The van der Waals surface area contributed by atoms with Crippen LogP contribution in [0.25, 0.3) is 0 Å². The van der Waals surface area contributed by atoms with Gasteiger partial charge in [0.15, 0.2) is 0 Å². The molecular formula is C14H8Cl2F3NO2. The van der Waals surface area contributed by atoms with E-state index in [2.05, 4.69) is 10.1 Å². The molecule has 0 radical (unpaired) electrons. The average molecular weight is 350 g/mol. The van der Waals surface area contributed by atoms with Crippen LogP contribution in [-0.2, 0) is 0 Å². The van der Waals surface area contributed by atoms with E-state index in [9.17, 15) is 18.0 Å². The summed E-state index contributed by atoms with van der Waals surface area (Å²) in [5.74, 6) is -0.924. The Morgan fingerprint density at radius 1 is 1.00 bits per heavy atom. The van der Waals surface area contributed by atoms with Crippen molar-refractivity contribution < 1.29 is 22.7 Å². The molecule has 22 heavy (non-hydrogen) atoms. The molecule has 0 fully saturated rings. The Morgan fingerprint density at radius 2 is 1.55 bits per heavy atom. The molecule has 8 heteroatoms. The summed E-state index contributed by atoms with van der Waals surface area (Å²) in [5.41, 5.74) is 0.531. The van der Waals surface area contributed by atoms with Gasteiger partial charge in [-0.15, -0.1) is 13.2 Å². The molecule has 0 bridgehead atoms. The third-order valence-corrected chi connectivity index (χ3v) is 2.91. The monoisotopic (exact) mass is 349 g/mol. The molecule has 0 aliphatic carbocycles. The Labute approximate surface area is 133 Å². The number of hydrogen-bond acceptors (Lipinski definition) is 2. The van der Waals surface area contributed by atoms with Crippen LogP contribution in [0.3, 0.4) is 0 Å². The second kappa shape index (κ2) is 6.46. The van der Waals surface area contributed by atoms with Crippen molar-refractivity contribution in [1.82, 2.24) is 0 Å². The van der Waals surface area contributed by atoms with Crippen LogP contribution in [0.1, 0.15) is 10.4 Å². The number of amides is 1. The van der Waals surface area contributed by atoms with Gasteiger partial charge in [-0.1, -0.05) is 23.2 Å².